The molecule has 5 nitrogen and oxygen atoms in total. The van der Waals surface area contributed by atoms with E-state index in [0.29, 0.717) is 12.5 Å². The molecule has 0 aromatic rings. The summed E-state index contributed by atoms with van der Waals surface area (Å²) < 4.78 is 9.90. The molecule has 5 heteroatoms. The normalized spacial score (nSPS) is 18.0. The van der Waals surface area contributed by atoms with Gasteiger partial charge in [-0.1, -0.05) is 0 Å². The van der Waals surface area contributed by atoms with Crippen molar-refractivity contribution >= 4 is 6.09 Å². The van der Waals surface area contributed by atoms with Gasteiger partial charge in [0.1, 0.15) is 6.61 Å². The summed E-state index contributed by atoms with van der Waals surface area (Å²) >= 11 is 0. The molecule has 1 heterocycles. The molecular formula is C9H18N2O3. The summed E-state index contributed by atoms with van der Waals surface area (Å²) in [5, 5.41) is 3.29. The number of carbonyl (C=O) groups is 1. The summed E-state index contributed by atoms with van der Waals surface area (Å²) in [7, 11) is 0. The molecule has 0 aromatic carbocycles. The van der Waals surface area contributed by atoms with Crippen molar-refractivity contribution in [1.82, 2.24) is 5.32 Å². The van der Waals surface area contributed by atoms with Gasteiger partial charge in [0.2, 0.25) is 0 Å². The van der Waals surface area contributed by atoms with Crippen LogP contribution in [0.25, 0.3) is 0 Å². The zero-order valence-corrected chi connectivity index (χ0v) is 8.33. The topological polar surface area (TPSA) is 73.6 Å². The van der Waals surface area contributed by atoms with E-state index in [2.05, 4.69) is 10.1 Å². The summed E-state index contributed by atoms with van der Waals surface area (Å²) in [6.45, 7) is 3.59. The molecule has 1 aliphatic rings. The van der Waals surface area contributed by atoms with Crippen molar-refractivity contribution in [3.8, 4) is 0 Å². The standard InChI is InChI=1S/C9H18N2O3/c10-9(12)14-6-5-13-7-8-1-3-11-4-2-8/h8,11H,1-7H2,(H2,10,12). The van der Waals surface area contributed by atoms with Crippen LogP contribution in [0.3, 0.4) is 0 Å². The molecule has 1 amide bonds. The Labute approximate surface area is 83.9 Å². The fourth-order valence-electron chi connectivity index (χ4n) is 1.50. The average Bonchev–Trinajstić information content (AvgIpc) is 2.18. The number of hydrogen-bond donors (Lipinski definition) is 2. The van der Waals surface area contributed by atoms with Gasteiger partial charge < -0.3 is 20.5 Å². The van der Waals surface area contributed by atoms with Gasteiger partial charge >= 0.3 is 6.09 Å². The number of nitrogens with two attached hydrogens (primary N) is 1. The summed E-state index contributed by atoms with van der Waals surface area (Å²) in [4.78, 5) is 10.2. The van der Waals surface area contributed by atoms with Gasteiger partial charge in [-0.15, -0.1) is 0 Å². The van der Waals surface area contributed by atoms with Crippen LogP contribution < -0.4 is 11.1 Å². The van der Waals surface area contributed by atoms with Crippen molar-refractivity contribution in [3.05, 3.63) is 0 Å². The molecule has 1 rings (SSSR count). The van der Waals surface area contributed by atoms with Crippen LogP contribution in [0, 0.1) is 5.92 Å². The van der Waals surface area contributed by atoms with Crippen molar-refractivity contribution in [2.24, 2.45) is 11.7 Å². The maximum atomic E-state index is 10.2. The Balaban J connectivity index is 1.90. The van der Waals surface area contributed by atoms with Gasteiger partial charge in [0.05, 0.1) is 6.61 Å². The predicted octanol–water partition coefficient (Wildman–Crippen LogP) is 0.0979. The second-order valence-electron chi connectivity index (χ2n) is 3.44. The number of amides is 1. The monoisotopic (exact) mass is 202 g/mol. The van der Waals surface area contributed by atoms with E-state index in [1.807, 2.05) is 0 Å². The van der Waals surface area contributed by atoms with E-state index >= 15 is 0 Å². The highest BCUT2D eigenvalue weighted by Gasteiger charge is 2.12. The fourth-order valence-corrected chi connectivity index (χ4v) is 1.50. The van der Waals surface area contributed by atoms with Crippen molar-refractivity contribution < 1.29 is 14.3 Å². The van der Waals surface area contributed by atoms with Crippen LogP contribution in [0.1, 0.15) is 12.8 Å². The van der Waals surface area contributed by atoms with E-state index < -0.39 is 6.09 Å². The van der Waals surface area contributed by atoms with Crippen molar-refractivity contribution in [2.75, 3.05) is 32.9 Å². The minimum atomic E-state index is -0.740. The zero-order valence-electron chi connectivity index (χ0n) is 8.33. The van der Waals surface area contributed by atoms with E-state index in [1.165, 1.54) is 0 Å². The summed E-state index contributed by atoms with van der Waals surface area (Å²) in [6.07, 6.45) is 1.59. The summed E-state index contributed by atoms with van der Waals surface area (Å²) in [6, 6.07) is 0. The number of hydrogen-bond acceptors (Lipinski definition) is 4. The van der Waals surface area contributed by atoms with Crippen molar-refractivity contribution in [3.63, 3.8) is 0 Å². The predicted molar refractivity (Wildman–Crippen MR) is 51.9 cm³/mol. The maximum Gasteiger partial charge on any atom is 0.404 e. The lowest BCUT2D eigenvalue weighted by Crippen LogP contribution is -2.30. The lowest BCUT2D eigenvalue weighted by atomic mass is 9.99. The Bertz CT molecular complexity index is 169. The van der Waals surface area contributed by atoms with Crippen LogP contribution in [0.4, 0.5) is 4.79 Å². The van der Waals surface area contributed by atoms with Crippen molar-refractivity contribution in [2.45, 2.75) is 12.8 Å². The highest BCUT2D eigenvalue weighted by molar-refractivity contribution is 5.64. The quantitative estimate of drug-likeness (QED) is 0.620. The van der Waals surface area contributed by atoms with E-state index in [1.54, 1.807) is 0 Å². The van der Waals surface area contributed by atoms with E-state index in [-0.39, 0.29) is 6.61 Å². The zero-order chi connectivity index (χ0) is 10.2. The third-order valence-corrected chi connectivity index (χ3v) is 2.28. The van der Waals surface area contributed by atoms with Crippen LogP contribution >= 0.6 is 0 Å². The number of ether oxygens (including phenoxy) is 2. The molecule has 3 N–H and O–H groups in total. The number of primary amides is 1. The molecule has 1 saturated heterocycles. The minimum Gasteiger partial charge on any atom is -0.447 e. The molecule has 0 atom stereocenters. The molecule has 82 valence electrons. The largest absolute Gasteiger partial charge is 0.447 e. The van der Waals surface area contributed by atoms with Crippen LogP contribution in [-0.4, -0.2) is 39.0 Å². The number of carbonyl (C=O) groups excluding carboxylic acids is 1. The molecule has 0 aliphatic carbocycles. The maximum absolute atomic E-state index is 10.2. The summed E-state index contributed by atoms with van der Waals surface area (Å²) in [5.41, 5.74) is 4.79. The first-order valence-electron chi connectivity index (χ1n) is 4.99. The Morgan fingerprint density at radius 1 is 1.36 bits per heavy atom. The van der Waals surface area contributed by atoms with Gasteiger partial charge in [-0.25, -0.2) is 4.79 Å². The van der Waals surface area contributed by atoms with Gasteiger partial charge in [0.15, 0.2) is 0 Å². The minimum absolute atomic E-state index is 0.250. The molecule has 0 unspecified atom stereocenters. The van der Waals surface area contributed by atoms with Gasteiger partial charge in [0, 0.05) is 6.61 Å². The Morgan fingerprint density at radius 2 is 2.07 bits per heavy atom. The molecule has 1 fully saturated rings. The summed E-state index contributed by atoms with van der Waals surface area (Å²) in [5.74, 6) is 0.643. The Hall–Kier alpha value is -0.810. The van der Waals surface area contributed by atoms with E-state index in [9.17, 15) is 4.79 Å². The van der Waals surface area contributed by atoms with Gasteiger partial charge in [-0.05, 0) is 31.8 Å². The lowest BCUT2D eigenvalue weighted by molar-refractivity contribution is 0.0514. The first kappa shape index (κ1) is 11.3. The number of piperidine rings is 1. The third kappa shape index (κ3) is 5.04. The number of rotatable bonds is 5. The van der Waals surface area contributed by atoms with Crippen LogP contribution in [-0.2, 0) is 9.47 Å². The third-order valence-electron chi connectivity index (χ3n) is 2.28. The van der Waals surface area contributed by atoms with Gasteiger partial charge in [-0.2, -0.15) is 0 Å². The average molecular weight is 202 g/mol. The molecule has 0 bridgehead atoms. The molecular weight excluding hydrogens is 184 g/mol. The first-order valence-corrected chi connectivity index (χ1v) is 4.99. The van der Waals surface area contributed by atoms with Crippen LogP contribution in [0.15, 0.2) is 0 Å². The first-order chi connectivity index (χ1) is 6.79. The van der Waals surface area contributed by atoms with Crippen molar-refractivity contribution in [1.29, 1.82) is 0 Å². The van der Waals surface area contributed by atoms with Gasteiger partial charge in [-0.3, -0.25) is 0 Å². The lowest BCUT2D eigenvalue weighted by Gasteiger charge is -2.22. The highest BCUT2D eigenvalue weighted by Crippen LogP contribution is 2.11. The second kappa shape index (κ2) is 6.62. The molecule has 0 saturated carbocycles. The van der Waals surface area contributed by atoms with Crippen LogP contribution in [0.5, 0.6) is 0 Å². The fraction of sp³-hybridized carbons (Fsp3) is 0.889. The Kier molecular flexibility index (Phi) is 5.32. The van der Waals surface area contributed by atoms with E-state index in [4.69, 9.17) is 10.5 Å². The smallest absolute Gasteiger partial charge is 0.404 e. The molecule has 0 spiro atoms. The number of nitrogens with one attached hydrogen (secondary N) is 1. The molecule has 0 radical (unpaired) electrons. The second-order valence-corrected chi connectivity index (χ2v) is 3.44. The molecule has 14 heavy (non-hydrogen) atoms. The Morgan fingerprint density at radius 3 is 2.71 bits per heavy atom. The van der Waals surface area contributed by atoms with E-state index in [0.717, 1.165) is 32.5 Å². The van der Waals surface area contributed by atoms with Crippen LogP contribution in [0.2, 0.25) is 0 Å². The SMILES string of the molecule is NC(=O)OCCOCC1CCNCC1. The van der Waals surface area contributed by atoms with Gasteiger partial charge in [0.25, 0.3) is 0 Å². The molecule has 0 aromatic heterocycles. The molecule has 1 aliphatic heterocycles. The highest BCUT2D eigenvalue weighted by atomic mass is 16.6.